The third-order valence-corrected chi connectivity index (χ3v) is 3.04. The number of hydrogen-bond donors (Lipinski definition) is 2. The largest absolute Gasteiger partial charge is 0.493 e. The molecule has 0 bridgehead atoms. The first kappa shape index (κ1) is 15.4. The van der Waals surface area contributed by atoms with E-state index in [0.29, 0.717) is 17.1 Å². The van der Waals surface area contributed by atoms with Crippen LogP contribution >= 0.6 is 0 Å². The lowest BCUT2D eigenvalue weighted by Crippen LogP contribution is -2.15. The maximum absolute atomic E-state index is 12.2. The van der Waals surface area contributed by atoms with Crippen molar-refractivity contribution >= 4 is 17.6 Å². The molecule has 0 saturated heterocycles. The quantitative estimate of drug-likeness (QED) is 0.865. The number of amides is 1. The summed E-state index contributed by atoms with van der Waals surface area (Å²) in [5.41, 5.74) is 0.321. The molecule has 1 amide bonds. The number of methoxy groups -OCH3 is 2. The fourth-order valence-corrected chi connectivity index (χ4v) is 1.95. The number of benzene rings is 1. The molecule has 8 nitrogen and oxygen atoms in total. The van der Waals surface area contributed by atoms with Crippen LogP contribution in [-0.4, -0.2) is 41.0 Å². The van der Waals surface area contributed by atoms with Gasteiger partial charge in [-0.15, -0.1) is 0 Å². The van der Waals surface area contributed by atoms with Crippen LogP contribution in [0.1, 0.15) is 20.8 Å². The molecule has 0 aliphatic carbocycles. The molecular weight excluding hydrogens is 290 g/mol. The van der Waals surface area contributed by atoms with E-state index in [1.807, 2.05) is 0 Å². The van der Waals surface area contributed by atoms with Crippen LogP contribution in [0.4, 0.5) is 5.69 Å². The van der Waals surface area contributed by atoms with E-state index in [9.17, 15) is 9.59 Å². The Morgan fingerprint density at radius 2 is 1.91 bits per heavy atom. The zero-order valence-electron chi connectivity index (χ0n) is 12.3. The van der Waals surface area contributed by atoms with Crippen LogP contribution in [0.3, 0.4) is 0 Å². The molecular formula is C14H15N3O5. The lowest BCUT2D eigenvalue weighted by Gasteiger charge is -2.09. The van der Waals surface area contributed by atoms with Gasteiger partial charge in [0.25, 0.3) is 5.91 Å². The number of ether oxygens (including phenoxy) is 2. The first-order valence-corrected chi connectivity index (χ1v) is 6.26. The highest BCUT2D eigenvalue weighted by Crippen LogP contribution is 2.28. The number of rotatable bonds is 5. The van der Waals surface area contributed by atoms with Crippen molar-refractivity contribution < 1.29 is 24.2 Å². The van der Waals surface area contributed by atoms with Gasteiger partial charge in [-0.25, -0.2) is 4.79 Å². The van der Waals surface area contributed by atoms with Crippen molar-refractivity contribution in [1.29, 1.82) is 0 Å². The number of anilines is 1. The Labute approximate surface area is 126 Å². The van der Waals surface area contributed by atoms with E-state index in [2.05, 4.69) is 10.4 Å². The lowest BCUT2D eigenvalue weighted by atomic mass is 10.2. The van der Waals surface area contributed by atoms with E-state index in [0.717, 1.165) is 0 Å². The maximum atomic E-state index is 12.2. The van der Waals surface area contributed by atoms with Crippen LogP contribution in [0.5, 0.6) is 11.5 Å². The SMILES string of the molecule is COc1ccc(C(=O)Nc2cnn(C)c2C(=O)O)cc1OC. The minimum atomic E-state index is -1.18. The van der Waals surface area contributed by atoms with Crippen molar-refractivity contribution in [3.8, 4) is 11.5 Å². The standard InChI is InChI=1S/C14H15N3O5/c1-17-12(14(19)20)9(7-15-17)16-13(18)8-4-5-10(21-2)11(6-8)22-3/h4-7H,1-3H3,(H,16,18)(H,19,20). The number of nitrogens with one attached hydrogen (secondary N) is 1. The molecule has 1 heterocycles. The summed E-state index contributed by atoms with van der Waals surface area (Å²) in [7, 11) is 4.44. The summed E-state index contributed by atoms with van der Waals surface area (Å²) in [6.07, 6.45) is 1.28. The minimum absolute atomic E-state index is 0.103. The average molecular weight is 305 g/mol. The molecule has 116 valence electrons. The van der Waals surface area contributed by atoms with Crippen molar-refractivity contribution in [2.75, 3.05) is 19.5 Å². The van der Waals surface area contributed by atoms with Crippen molar-refractivity contribution in [1.82, 2.24) is 9.78 Å². The highest BCUT2D eigenvalue weighted by atomic mass is 16.5. The molecule has 8 heteroatoms. The first-order chi connectivity index (χ1) is 10.5. The molecule has 0 unspecified atom stereocenters. The summed E-state index contributed by atoms with van der Waals surface area (Å²) >= 11 is 0. The van der Waals surface area contributed by atoms with Gasteiger partial charge < -0.3 is 19.9 Å². The summed E-state index contributed by atoms with van der Waals surface area (Å²) < 4.78 is 11.4. The molecule has 0 aliphatic heterocycles. The fourth-order valence-electron chi connectivity index (χ4n) is 1.95. The zero-order valence-corrected chi connectivity index (χ0v) is 12.3. The maximum Gasteiger partial charge on any atom is 0.356 e. The van der Waals surface area contributed by atoms with Crippen molar-refractivity contribution in [2.24, 2.45) is 7.05 Å². The molecule has 22 heavy (non-hydrogen) atoms. The van der Waals surface area contributed by atoms with Gasteiger partial charge in [0.1, 0.15) is 0 Å². The molecule has 0 fully saturated rings. The van der Waals surface area contributed by atoms with Gasteiger partial charge in [-0.3, -0.25) is 9.48 Å². The smallest absolute Gasteiger partial charge is 0.356 e. The number of hydrogen-bond acceptors (Lipinski definition) is 5. The summed E-state index contributed by atoms with van der Waals surface area (Å²) in [6.45, 7) is 0. The Morgan fingerprint density at radius 3 is 2.50 bits per heavy atom. The Hall–Kier alpha value is -3.03. The number of carbonyl (C=O) groups excluding carboxylic acids is 1. The molecule has 2 rings (SSSR count). The number of aromatic nitrogens is 2. The van der Waals surface area contributed by atoms with Crippen molar-refractivity contribution in [3.05, 3.63) is 35.7 Å². The second-order valence-electron chi connectivity index (χ2n) is 4.36. The van der Waals surface area contributed by atoms with E-state index in [-0.39, 0.29) is 11.4 Å². The van der Waals surface area contributed by atoms with Gasteiger partial charge in [0.15, 0.2) is 17.2 Å². The monoisotopic (exact) mass is 305 g/mol. The predicted octanol–water partition coefficient (Wildman–Crippen LogP) is 1.39. The summed E-state index contributed by atoms with van der Waals surface area (Å²) in [4.78, 5) is 23.4. The molecule has 2 N–H and O–H groups in total. The third-order valence-electron chi connectivity index (χ3n) is 3.04. The molecule has 0 atom stereocenters. The highest BCUT2D eigenvalue weighted by molar-refractivity contribution is 6.07. The lowest BCUT2D eigenvalue weighted by molar-refractivity contribution is 0.0686. The average Bonchev–Trinajstić information content (AvgIpc) is 2.87. The normalized spacial score (nSPS) is 10.1. The number of carboxylic acid groups (broad SMARTS) is 1. The fraction of sp³-hybridized carbons (Fsp3) is 0.214. The molecule has 0 saturated carbocycles. The molecule has 1 aromatic heterocycles. The first-order valence-electron chi connectivity index (χ1n) is 6.26. The molecule has 0 spiro atoms. The van der Waals surface area contributed by atoms with E-state index < -0.39 is 11.9 Å². The predicted molar refractivity (Wildman–Crippen MR) is 77.7 cm³/mol. The van der Waals surface area contributed by atoms with Gasteiger partial charge in [-0.1, -0.05) is 0 Å². The highest BCUT2D eigenvalue weighted by Gasteiger charge is 2.19. The van der Waals surface area contributed by atoms with Gasteiger partial charge in [0.2, 0.25) is 0 Å². The van der Waals surface area contributed by atoms with Crippen molar-refractivity contribution in [2.45, 2.75) is 0 Å². The van der Waals surface area contributed by atoms with Gasteiger partial charge in [0, 0.05) is 12.6 Å². The third kappa shape index (κ3) is 2.85. The molecule has 1 aromatic carbocycles. The second kappa shape index (κ2) is 6.17. The number of carboxylic acids is 1. The van der Waals surface area contributed by atoms with Crippen LogP contribution in [0, 0.1) is 0 Å². The summed E-state index contributed by atoms with van der Waals surface area (Å²) in [5.74, 6) is -0.759. The van der Waals surface area contributed by atoms with Crippen LogP contribution < -0.4 is 14.8 Å². The van der Waals surface area contributed by atoms with Crippen LogP contribution in [0.2, 0.25) is 0 Å². The van der Waals surface area contributed by atoms with Crippen molar-refractivity contribution in [3.63, 3.8) is 0 Å². The van der Waals surface area contributed by atoms with E-state index >= 15 is 0 Å². The molecule has 0 radical (unpaired) electrons. The number of nitrogens with zero attached hydrogens (tertiary/aromatic N) is 2. The minimum Gasteiger partial charge on any atom is -0.493 e. The van der Waals surface area contributed by atoms with Gasteiger partial charge in [-0.05, 0) is 18.2 Å². The number of aromatic carboxylic acids is 1. The summed E-state index contributed by atoms with van der Waals surface area (Å²) in [6, 6.07) is 4.65. The van der Waals surface area contributed by atoms with Crippen LogP contribution in [0.15, 0.2) is 24.4 Å². The molecule has 2 aromatic rings. The number of carbonyl (C=O) groups is 2. The number of aryl methyl sites for hydroxylation is 1. The van der Waals surface area contributed by atoms with Gasteiger partial charge >= 0.3 is 5.97 Å². The van der Waals surface area contributed by atoms with E-state index in [4.69, 9.17) is 14.6 Å². The van der Waals surface area contributed by atoms with Crippen LogP contribution in [0.25, 0.3) is 0 Å². The van der Waals surface area contributed by atoms with Gasteiger partial charge in [-0.2, -0.15) is 5.10 Å². The summed E-state index contributed by atoms with van der Waals surface area (Å²) in [5, 5.41) is 15.5. The van der Waals surface area contributed by atoms with Crippen LogP contribution in [-0.2, 0) is 7.05 Å². The Bertz CT molecular complexity index is 723. The topological polar surface area (TPSA) is 103 Å². The van der Waals surface area contributed by atoms with E-state index in [1.165, 1.54) is 38.2 Å². The Balaban J connectivity index is 2.28. The molecule has 0 aliphatic rings. The second-order valence-corrected chi connectivity index (χ2v) is 4.36. The van der Waals surface area contributed by atoms with E-state index in [1.54, 1.807) is 12.1 Å². The van der Waals surface area contributed by atoms with Gasteiger partial charge in [0.05, 0.1) is 26.1 Å². The Kier molecular flexibility index (Phi) is 4.31. The Morgan fingerprint density at radius 1 is 1.23 bits per heavy atom. The zero-order chi connectivity index (χ0) is 16.3.